The van der Waals surface area contributed by atoms with Crippen LogP contribution < -0.4 is 5.32 Å². The molecule has 0 saturated carbocycles. The van der Waals surface area contributed by atoms with E-state index in [0.29, 0.717) is 25.1 Å². The molecule has 4 rings (SSSR count). The summed E-state index contributed by atoms with van der Waals surface area (Å²) in [7, 11) is 0. The zero-order valence-electron chi connectivity index (χ0n) is 15.5. The summed E-state index contributed by atoms with van der Waals surface area (Å²) in [5.74, 6) is 0.0229. The van der Waals surface area contributed by atoms with E-state index < -0.39 is 0 Å². The molecule has 2 heterocycles. The van der Waals surface area contributed by atoms with E-state index in [-0.39, 0.29) is 11.8 Å². The van der Waals surface area contributed by atoms with E-state index >= 15 is 0 Å². The molecule has 0 bridgehead atoms. The highest BCUT2D eigenvalue weighted by Gasteiger charge is 2.20. The third-order valence-corrected chi connectivity index (χ3v) is 4.82. The van der Waals surface area contributed by atoms with E-state index in [1.807, 2.05) is 64.3 Å². The van der Waals surface area contributed by atoms with Crippen molar-refractivity contribution in [2.75, 3.05) is 11.9 Å². The van der Waals surface area contributed by atoms with Gasteiger partial charge in [0.15, 0.2) is 0 Å². The number of nitrogens with one attached hydrogen (secondary N) is 1. The number of likely N-dealkylation sites (tertiary alicyclic amines) is 1. The summed E-state index contributed by atoms with van der Waals surface area (Å²) < 4.78 is 1.84. The van der Waals surface area contributed by atoms with Crippen molar-refractivity contribution in [1.82, 2.24) is 14.7 Å². The molecular formula is C22H22N4O2. The van der Waals surface area contributed by atoms with Crippen LogP contribution >= 0.6 is 0 Å². The van der Waals surface area contributed by atoms with E-state index in [1.54, 1.807) is 12.3 Å². The van der Waals surface area contributed by atoms with Crippen LogP contribution in [0.3, 0.4) is 0 Å². The summed E-state index contributed by atoms with van der Waals surface area (Å²) in [5, 5.41) is 7.17. The van der Waals surface area contributed by atoms with Crippen molar-refractivity contribution in [3.8, 4) is 0 Å². The normalized spacial score (nSPS) is 13.7. The Morgan fingerprint density at radius 1 is 1.04 bits per heavy atom. The number of hydrogen-bond acceptors (Lipinski definition) is 3. The van der Waals surface area contributed by atoms with Crippen molar-refractivity contribution in [3.63, 3.8) is 0 Å². The number of amides is 2. The number of nitrogens with zero attached hydrogens (tertiary/aromatic N) is 3. The molecule has 28 heavy (non-hydrogen) atoms. The van der Waals surface area contributed by atoms with Gasteiger partial charge in [0.25, 0.3) is 5.91 Å². The van der Waals surface area contributed by atoms with Crippen molar-refractivity contribution < 1.29 is 9.59 Å². The monoisotopic (exact) mass is 374 g/mol. The smallest absolute Gasteiger partial charge is 0.255 e. The zero-order valence-corrected chi connectivity index (χ0v) is 15.5. The van der Waals surface area contributed by atoms with E-state index in [9.17, 15) is 9.59 Å². The molecule has 1 aromatic heterocycles. The molecule has 1 fully saturated rings. The molecule has 6 nitrogen and oxygen atoms in total. The third kappa shape index (κ3) is 4.28. The van der Waals surface area contributed by atoms with Crippen LogP contribution in [0.15, 0.2) is 67.0 Å². The van der Waals surface area contributed by atoms with Crippen molar-refractivity contribution in [1.29, 1.82) is 0 Å². The topological polar surface area (TPSA) is 67.2 Å². The summed E-state index contributed by atoms with van der Waals surface area (Å²) in [5.41, 5.74) is 3.36. The Bertz CT molecular complexity index is 982. The number of carbonyl (C=O) groups is 2. The maximum atomic E-state index is 12.7. The van der Waals surface area contributed by atoms with Crippen molar-refractivity contribution in [3.05, 3.63) is 83.7 Å². The third-order valence-electron chi connectivity index (χ3n) is 4.82. The fourth-order valence-electron chi connectivity index (χ4n) is 3.43. The second kappa shape index (κ2) is 8.08. The summed E-state index contributed by atoms with van der Waals surface area (Å²) in [6, 6.07) is 17.1. The van der Waals surface area contributed by atoms with Crippen LogP contribution in [-0.2, 0) is 17.9 Å². The van der Waals surface area contributed by atoms with E-state index in [0.717, 1.165) is 29.8 Å². The molecule has 0 spiro atoms. The molecule has 6 heteroatoms. The molecule has 2 aromatic carbocycles. The lowest BCUT2D eigenvalue weighted by Gasteiger charge is -2.16. The molecular weight excluding hydrogens is 352 g/mol. The maximum absolute atomic E-state index is 12.7. The summed E-state index contributed by atoms with van der Waals surface area (Å²) in [6.07, 6.45) is 5.18. The molecule has 1 aliphatic rings. The largest absolute Gasteiger partial charge is 0.338 e. The molecule has 1 saturated heterocycles. The van der Waals surface area contributed by atoms with Crippen LogP contribution in [0.2, 0.25) is 0 Å². The SMILES string of the molecule is O=C(Nc1cccc(Cn2cccn2)c1)c1cccc(CN2CCCC2=O)c1. The molecule has 3 aromatic rings. The number of hydrogen-bond donors (Lipinski definition) is 1. The Labute approximate surface area is 163 Å². The first-order chi connectivity index (χ1) is 13.7. The van der Waals surface area contributed by atoms with E-state index in [1.165, 1.54) is 0 Å². The van der Waals surface area contributed by atoms with Crippen LogP contribution in [-0.4, -0.2) is 33.0 Å². The van der Waals surface area contributed by atoms with Crippen LogP contribution in [0, 0.1) is 0 Å². The van der Waals surface area contributed by atoms with Crippen LogP contribution in [0.5, 0.6) is 0 Å². The molecule has 0 aliphatic carbocycles. The van der Waals surface area contributed by atoms with Gasteiger partial charge in [-0.15, -0.1) is 0 Å². The van der Waals surface area contributed by atoms with Gasteiger partial charge in [-0.05, 0) is 47.9 Å². The van der Waals surface area contributed by atoms with Crippen LogP contribution in [0.25, 0.3) is 0 Å². The van der Waals surface area contributed by atoms with Crippen LogP contribution in [0.1, 0.15) is 34.3 Å². The quantitative estimate of drug-likeness (QED) is 0.720. The molecule has 1 N–H and O–H groups in total. The van der Waals surface area contributed by atoms with Crippen molar-refractivity contribution in [2.45, 2.75) is 25.9 Å². The predicted molar refractivity (Wildman–Crippen MR) is 107 cm³/mol. The molecule has 0 atom stereocenters. The molecule has 0 unspecified atom stereocenters. The summed E-state index contributed by atoms with van der Waals surface area (Å²) >= 11 is 0. The predicted octanol–water partition coefficient (Wildman–Crippen LogP) is 3.31. The van der Waals surface area contributed by atoms with Gasteiger partial charge in [-0.3, -0.25) is 14.3 Å². The van der Waals surface area contributed by atoms with Gasteiger partial charge in [0.1, 0.15) is 0 Å². The molecule has 0 radical (unpaired) electrons. The number of anilines is 1. The van der Waals surface area contributed by atoms with Crippen molar-refractivity contribution in [2.24, 2.45) is 0 Å². The highest BCUT2D eigenvalue weighted by Crippen LogP contribution is 2.17. The summed E-state index contributed by atoms with van der Waals surface area (Å²) in [4.78, 5) is 26.4. The Kier molecular flexibility index (Phi) is 5.19. The Morgan fingerprint density at radius 3 is 2.61 bits per heavy atom. The average molecular weight is 374 g/mol. The van der Waals surface area contributed by atoms with E-state index in [2.05, 4.69) is 10.4 Å². The number of carbonyl (C=O) groups excluding carboxylic acids is 2. The lowest BCUT2D eigenvalue weighted by Crippen LogP contribution is -2.24. The van der Waals surface area contributed by atoms with Gasteiger partial charge in [-0.25, -0.2) is 0 Å². The van der Waals surface area contributed by atoms with Crippen molar-refractivity contribution >= 4 is 17.5 Å². The van der Waals surface area contributed by atoms with Crippen LogP contribution in [0.4, 0.5) is 5.69 Å². The second-order valence-corrected chi connectivity index (χ2v) is 6.98. The molecule has 1 aliphatic heterocycles. The lowest BCUT2D eigenvalue weighted by molar-refractivity contribution is -0.128. The first-order valence-corrected chi connectivity index (χ1v) is 9.42. The lowest BCUT2D eigenvalue weighted by atomic mass is 10.1. The number of benzene rings is 2. The van der Waals surface area contributed by atoms with Gasteiger partial charge in [-0.2, -0.15) is 5.10 Å². The average Bonchev–Trinajstić information content (AvgIpc) is 3.34. The highest BCUT2D eigenvalue weighted by atomic mass is 16.2. The van der Waals surface area contributed by atoms with Gasteiger partial charge < -0.3 is 10.2 Å². The standard InChI is InChI=1S/C22H22N4O2/c27-21-9-3-11-25(21)15-17-5-1-7-19(13-17)22(28)24-20-8-2-6-18(14-20)16-26-12-4-10-23-26/h1-2,4-8,10,12-14H,3,9,11,15-16H2,(H,24,28). The zero-order chi connectivity index (χ0) is 19.3. The fraction of sp³-hybridized carbons (Fsp3) is 0.227. The fourth-order valence-corrected chi connectivity index (χ4v) is 3.43. The number of rotatable bonds is 6. The minimum Gasteiger partial charge on any atom is -0.338 e. The summed E-state index contributed by atoms with van der Waals surface area (Å²) in [6.45, 7) is 1.99. The van der Waals surface area contributed by atoms with Gasteiger partial charge >= 0.3 is 0 Å². The molecule has 142 valence electrons. The van der Waals surface area contributed by atoms with Gasteiger partial charge in [0, 0.05) is 43.2 Å². The van der Waals surface area contributed by atoms with E-state index in [4.69, 9.17) is 0 Å². The first kappa shape index (κ1) is 18.0. The Balaban J connectivity index is 1.43. The highest BCUT2D eigenvalue weighted by molar-refractivity contribution is 6.04. The number of aromatic nitrogens is 2. The van der Waals surface area contributed by atoms with Gasteiger partial charge in [0.2, 0.25) is 5.91 Å². The van der Waals surface area contributed by atoms with Gasteiger partial charge in [-0.1, -0.05) is 24.3 Å². The Hall–Kier alpha value is -3.41. The minimum absolute atomic E-state index is 0.161. The Morgan fingerprint density at radius 2 is 1.86 bits per heavy atom. The second-order valence-electron chi connectivity index (χ2n) is 6.98. The first-order valence-electron chi connectivity index (χ1n) is 9.42. The minimum atomic E-state index is -0.161. The maximum Gasteiger partial charge on any atom is 0.255 e. The molecule has 2 amide bonds. The van der Waals surface area contributed by atoms with Gasteiger partial charge in [0.05, 0.1) is 6.54 Å².